The van der Waals surface area contributed by atoms with E-state index in [2.05, 4.69) is 0 Å². The highest BCUT2D eigenvalue weighted by Gasteiger charge is 2.15. The molecular formula is C15H17NO3. The first-order valence-corrected chi connectivity index (χ1v) is 6.22. The van der Waals surface area contributed by atoms with Crippen LogP contribution in [0.4, 0.5) is 0 Å². The molecule has 2 aromatic rings. The SMILES string of the molecule is CCOC(=O)c1c(C)ccn1Cc1ccc(O)cc1. The van der Waals surface area contributed by atoms with Gasteiger partial charge >= 0.3 is 5.97 Å². The van der Waals surface area contributed by atoms with Crippen LogP contribution in [0.15, 0.2) is 36.5 Å². The van der Waals surface area contributed by atoms with Crippen LogP contribution in [0, 0.1) is 6.92 Å². The van der Waals surface area contributed by atoms with Crippen LogP contribution < -0.4 is 0 Å². The molecule has 0 saturated carbocycles. The van der Waals surface area contributed by atoms with Crippen LogP contribution in [0.25, 0.3) is 0 Å². The minimum Gasteiger partial charge on any atom is -0.508 e. The Kier molecular flexibility index (Phi) is 3.90. The molecule has 0 amide bonds. The molecule has 4 nitrogen and oxygen atoms in total. The van der Waals surface area contributed by atoms with E-state index in [-0.39, 0.29) is 11.7 Å². The number of ether oxygens (including phenoxy) is 1. The van der Waals surface area contributed by atoms with Crippen LogP contribution in [0.5, 0.6) is 5.75 Å². The van der Waals surface area contributed by atoms with Gasteiger partial charge < -0.3 is 14.4 Å². The smallest absolute Gasteiger partial charge is 0.355 e. The second-order valence-electron chi connectivity index (χ2n) is 4.36. The van der Waals surface area contributed by atoms with E-state index in [0.717, 1.165) is 11.1 Å². The van der Waals surface area contributed by atoms with Gasteiger partial charge in [0.05, 0.1) is 6.61 Å². The maximum atomic E-state index is 11.9. The molecule has 2 rings (SSSR count). The monoisotopic (exact) mass is 259 g/mol. The van der Waals surface area contributed by atoms with Crippen molar-refractivity contribution in [1.82, 2.24) is 4.57 Å². The van der Waals surface area contributed by atoms with Crippen molar-refractivity contribution in [2.24, 2.45) is 0 Å². The third kappa shape index (κ3) is 2.96. The first-order valence-electron chi connectivity index (χ1n) is 6.22. The number of phenolic OH excluding ortho intramolecular Hbond substituents is 1. The summed E-state index contributed by atoms with van der Waals surface area (Å²) in [6.45, 7) is 4.62. The van der Waals surface area contributed by atoms with Gasteiger partial charge in [0.15, 0.2) is 0 Å². The van der Waals surface area contributed by atoms with Crippen molar-refractivity contribution in [3.05, 3.63) is 53.3 Å². The predicted octanol–water partition coefficient (Wildman–Crippen LogP) is 2.73. The molecule has 1 heterocycles. The van der Waals surface area contributed by atoms with Crippen molar-refractivity contribution in [2.75, 3.05) is 6.61 Å². The zero-order valence-corrected chi connectivity index (χ0v) is 11.1. The average Bonchev–Trinajstić information content (AvgIpc) is 2.74. The number of phenols is 1. The lowest BCUT2D eigenvalue weighted by atomic mass is 10.2. The third-order valence-electron chi connectivity index (χ3n) is 2.92. The van der Waals surface area contributed by atoms with E-state index in [1.54, 1.807) is 19.1 Å². The fourth-order valence-electron chi connectivity index (χ4n) is 1.99. The maximum absolute atomic E-state index is 11.9. The molecule has 0 fully saturated rings. The van der Waals surface area contributed by atoms with Gasteiger partial charge in [-0.15, -0.1) is 0 Å². The zero-order chi connectivity index (χ0) is 13.8. The highest BCUT2D eigenvalue weighted by Crippen LogP contribution is 2.16. The summed E-state index contributed by atoms with van der Waals surface area (Å²) < 4.78 is 6.93. The summed E-state index contributed by atoms with van der Waals surface area (Å²) in [7, 11) is 0. The molecule has 4 heteroatoms. The van der Waals surface area contributed by atoms with Gasteiger partial charge in [0, 0.05) is 12.7 Å². The molecule has 0 bridgehead atoms. The highest BCUT2D eigenvalue weighted by atomic mass is 16.5. The molecule has 1 aromatic carbocycles. The minimum atomic E-state index is -0.302. The van der Waals surface area contributed by atoms with Crippen molar-refractivity contribution in [3.63, 3.8) is 0 Å². The van der Waals surface area contributed by atoms with Crippen molar-refractivity contribution in [2.45, 2.75) is 20.4 Å². The molecule has 0 atom stereocenters. The number of carbonyl (C=O) groups is 1. The minimum absolute atomic E-state index is 0.234. The topological polar surface area (TPSA) is 51.5 Å². The Balaban J connectivity index is 2.25. The lowest BCUT2D eigenvalue weighted by Gasteiger charge is -2.10. The quantitative estimate of drug-likeness (QED) is 0.859. The lowest BCUT2D eigenvalue weighted by Crippen LogP contribution is -2.13. The molecule has 1 aromatic heterocycles. The van der Waals surface area contributed by atoms with E-state index in [1.165, 1.54) is 0 Å². The molecular weight excluding hydrogens is 242 g/mol. The number of aromatic hydroxyl groups is 1. The number of carbonyl (C=O) groups excluding carboxylic acids is 1. The van der Waals surface area contributed by atoms with Crippen LogP contribution >= 0.6 is 0 Å². The summed E-state index contributed by atoms with van der Waals surface area (Å²) in [5, 5.41) is 9.26. The number of esters is 1. The summed E-state index contributed by atoms with van der Waals surface area (Å²) in [4.78, 5) is 11.9. The van der Waals surface area contributed by atoms with Crippen molar-refractivity contribution < 1.29 is 14.6 Å². The normalized spacial score (nSPS) is 10.4. The summed E-state index contributed by atoms with van der Waals surface area (Å²) in [6, 6.07) is 8.83. The molecule has 0 radical (unpaired) electrons. The standard InChI is InChI=1S/C15H17NO3/c1-3-19-15(18)14-11(2)8-9-16(14)10-12-4-6-13(17)7-5-12/h4-9,17H,3,10H2,1-2H3. The summed E-state index contributed by atoms with van der Waals surface area (Å²) in [5.41, 5.74) is 2.49. The van der Waals surface area contributed by atoms with E-state index in [9.17, 15) is 9.90 Å². The molecule has 19 heavy (non-hydrogen) atoms. The number of rotatable bonds is 4. The molecule has 0 spiro atoms. The molecule has 100 valence electrons. The maximum Gasteiger partial charge on any atom is 0.355 e. The van der Waals surface area contributed by atoms with Crippen LogP contribution in [0.2, 0.25) is 0 Å². The van der Waals surface area contributed by atoms with E-state index in [1.807, 2.05) is 35.9 Å². The number of aryl methyl sites for hydroxylation is 1. The zero-order valence-electron chi connectivity index (χ0n) is 11.1. The van der Waals surface area contributed by atoms with E-state index in [4.69, 9.17) is 4.74 Å². The molecule has 0 saturated heterocycles. The van der Waals surface area contributed by atoms with Crippen LogP contribution in [-0.4, -0.2) is 22.2 Å². The Bertz CT molecular complexity index is 570. The second-order valence-corrected chi connectivity index (χ2v) is 4.36. The first-order chi connectivity index (χ1) is 9.11. The van der Waals surface area contributed by atoms with Crippen LogP contribution in [-0.2, 0) is 11.3 Å². The summed E-state index contributed by atoms with van der Waals surface area (Å²) in [5.74, 6) is -0.0677. The predicted molar refractivity (Wildman–Crippen MR) is 72.3 cm³/mol. The van der Waals surface area contributed by atoms with Gasteiger partial charge in [-0.1, -0.05) is 12.1 Å². The Morgan fingerprint density at radius 1 is 1.26 bits per heavy atom. The van der Waals surface area contributed by atoms with Crippen molar-refractivity contribution in [3.8, 4) is 5.75 Å². The van der Waals surface area contributed by atoms with E-state index in [0.29, 0.717) is 18.8 Å². The van der Waals surface area contributed by atoms with Crippen molar-refractivity contribution in [1.29, 1.82) is 0 Å². The molecule has 0 aliphatic heterocycles. The summed E-state index contributed by atoms with van der Waals surface area (Å²) >= 11 is 0. The average molecular weight is 259 g/mol. The first kappa shape index (κ1) is 13.2. The third-order valence-corrected chi connectivity index (χ3v) is 2.92. The van der Waals surface area contributed by atoms with E-state index >= 15 is 0 Å². The lowest BCUT2D eigenvalue weighted by molar-refractivity contribution is 0.0513. The molecule has 0 aliphatic rings. The molecule has 0 unspecified atom stereocenters. The van der Waals surface area contributed by atoms with Crippen molar-refractivity contribution >= 4 is 5.97 Å². The van der Waals surface area contributed by atoms with Crippen LogP contribution in [0.1, 0.15) is 28.5 Å². The second kappa shape index (κ2) is 5.61. The van der Waals surface area contributed by atoms with Gasteiger partial charge in [-0.3, -0.25) is 0 Å². The summed E-state index contributed by atoms with van der Waals surface area (Å²) in [6.07, 6.45) is 1.87. The number of hydrogen-bond acceptors (Lipinski definition) is 3. The number of aromatic nitrogens is 1. The van der Waals surface area contributed by atoms with E-state index < -0.39 is 0 Å². The number of hydrogen-bond donors (Lipinski definition) is 1. The fourth-order valence-corrected chi connectivity index (χ4v) is 1.99. The number of benzene rings is 1. The fraction of sp³-hybridized carbons (Fsp3) is 0.267. The van der Waals surface area contributed by atoms with Gasteiger partial charge in [0.25, 0.3) is 0 Å². The van der Waals surface area contributed by atoms with Crippen LogP contribution in [0.3, 0.4) is 0 Å². The largest absolute Gasteiger partial charge is 0.508 e. The molecule has 0 aliphatic carbocycles. The Hall–Kier alpha value is -2.23. The molecule has 1 N–H and O–H groups in total. The van der Waals surface area contributed by atoms with Gasteiger partial charge in [-0.2, -0.15) is 0 Å². The Morgan fingerprint density at radius 2 is 1.95 bits per heavy atom. The van der Waals surface area contributed by atoms with Gasteiger partial charge in [0.1, 0.15) is 11.4 Å². The highest BCUT2D eigenvalue weighted by molar-refractivity contribution is 5.89. The van der Waals surface area contributed by atoms with Gasteiger partial charge in [-0.25, -0.2) is 4.79 Å². The Labute approximate surface area is 112 Å². The van der Waals surface area contributed by atoms with Gasteiger partial charge in [-0.05, 0) is 43.2 Å². The van der Waals surface area contributed by atoms with Gasteiger partial charge in [0.2, 0.25) is 0 Å². The Morgan fingerprint density at radius 3 is 2.58 bits per heavy atom. The number of nitrogens with zero attached hydrogens (tertiary/aromatic N) is 1.